The van der Waals surface area contributed by atoms with Gasteiger partial charge in [-0.15, -0.1) is 0 Å². The molecule has 1 aliphatic heterocycles. The molecule has 0 spiro atoms. The first-order valence-electron chi connectivity index (χ1n) is 5.86. The summed E-state index contributed by atoms with van der Waals surface area (Å²) in [7, 11) is -3.46. The van der Waals surface area contributed by atoms with Crippen molar-refractivity contribution < 1.29 is 8.42 Å². The van der Waals surface area contributed by atoms with Gasteiger partial charge >= 0.3 is 0 Å². The average molecular weight is 267 g/mol. The third-order valence-corrected chi connectivity index (χ3v) is 4.37. The molecule has 0 amide bonds. The van der Waals surface area contributed by atoms with Gasteiger partial charge in [0.2, 0.25) is 0 Å². The van der Waals surface area contributed by atoms with Gasteiger partial charge in [-0.3, -0.25) is 9.71 Å². The summed E-state index contributed by atoms with van der Waals surface area (Å²) in [6.07, 6.45) is 0. The summed E-state index contributed by atoms with van der Waals surface area (Å²) in [6.45, 7) is 4.42. The normalized spacial score (nSPS) is 20.8. The second-order valence-corrected chi connectivity index (χ2v) is 6.28. The molecule has 18 heavy (non-hydrogen) atoms. The van der Waals surface area contributed by atoms with Crippen LogP contribution in [0.4, 0.5) is 0 Å². The highest BCUT2D eigenvalue weighted by Crippen LogP contribution is 2.23. The summed E-state index contributed by atoms with van der Waals surface area (Å²) in [5, 5.41) is 0. The third kappa shape index (κ3) is 2.26. The Hall–Kier alpha value is -1.40. The Morgan fingerprint density at radius 2 is 2.00 bits per heavy atom. The molecular weight excluding hydrogens is 250 g/mol. The molecule has 3 N–H and O–H groups in total. The number of aliphatic imine (C=N–C) groups is 1. The average Bonchev–Trinajstić information content (AvgIpc) is 2.58. The van der Waals surface area contributed by atoms with Crippen molar-refractivity contribution in [1.82, 2.24) is 4.72 Å². The van der Waals surface area contributed by atoms with Crippen LogP contribution in [-0.2, 0) is 10.0 Å². The van der Waals surface area contributed by atoms with Crippen molar-refractivity contribution in [1.29, 1.82) is 0 Å². The number of nitrogens with zero attached hydrogens (tertiary/aromatic N) is 1. The molecule has 0 bridgehead atoms. The number of benzene rings is 1. The quantitative estimate of drug-likeness (QED) is 0.845. The number of hydrogen-bond acceptors (Lipinski definition) is 4. The van der Waals surface area contributed by atoms with Gasteiger partial charge in [0.15, 0.2) is 0 Å². The standard InChI is InChI=1S/C12H17N3O2S/c1-8(2)10(7-13)14-12-9-5-3-4-6-11(9)18(16,17)15-12/h3-6,8,10H,7,13H2,1-2H3,(H,14,15). The Balaban J connectivity index is 2.48. The number of hydrogen-bond donors (Lipinski definition) is 2. The second kappa shape index (κ2) is 4.70. The van der Waals surface area contributed by atoms with Gasteiger partial charge in [0.05, 0.1) is 10.9 Å². The number of amidine groups is 1. The molecule has 2 rings (SSSR count). The molecule has 0 saturated carbocycles. The van der Waals surface area contributed by atoms with Crippen LogP contribution < -0.4 is 10.5 Å². The minimum atomic E-state index is -3.46. The van der Waals surface area contributed by atoms with Crippen LogP contribution in [0.3, 0.4) is 0 Å². The number of fused-ring (bicyclic) bond motifs is 1. The molecule has 0 radical (unpaired) electrons. The van der Waals surface area contributed by atoms with Crippen LogP contribution in [0.5, 0.6) is 0 Å². The second-order valence-electron chi connectivity index (χ2n) is 4.63. The van der Waals surface area contributed by atoms with Gasteiger partial charge in [-0.25, -0.2) is 8.42 Å². The molecule has 1 atom stereocenters. The molecule has 1 aromatic rings. The topological polar surface area (TPSA) is 84.5 Å². The SMILES string of the molecule is CC(C)C(CN)N=C1NS(=O)(=O)c2ccccc21. The van der Waals surface area contributed by atoms with E-state index in [4.69, 9.17) is 5.73 Å². The van der Waals surface area contributed by atoms with Crippen molar-refractivity contribution in [3.05, 3.63) is 29.8 Å². The van der Waals surface area contributed by atoms with Crippen LogP contribution >= 0.6 is 0 Å². The molecule has 0 aromatic heterocycles. The van der Waals surface area contributed by atoms with E-state index in [1.165, 1.54) is 0 Å². The highest BCUT2D eigenvalue weighted by molar-refractivity contribution is 7.90. The predicted molar refractivity (Wildman–Crippen MR) is 71.0 cm³/mol. The molecule has 1 aliphatic rings. The van der Waals surface area contributed by atoms with Crippen molar-refractivity contribution >= 4 is 15.9 Å². The molecule has 5 nitrogen and oxygen atoms in total. The van der Waals surface area contributed by atoms with Crippen molar-refractivity contribution in [2.45, 2.75) is 24.8 Å². The van der Waals surface area contributed by atoms with E-state index in [9.17, 15) is 8.42 Å². The third-order valence-electron chi connectivity index (χ3n) is 2.97. The largest absolute Gasteiger partial charge is 0.328 e. The molecule has 98 valence electrons. The molecule has 0 saturated heterocycles. The number of rotatable bonds is 3. The monoisotopic (exact) mass is 267 g/mol. The van der Waals surface area contributed by atoms with Gasteiger partial charge in [0.25, 0.3) is 10.0 Å². The lowest BCUT2D eigenvalue weighted by molar-refractivity contribution is 0.503. The summed E-state index contributed by atoms with van der Waals surface area (Å²) in [5.74, 6) is 0.662. The maximum Gasteiger partial charge on any atom is 0.263 e. The molecule has 1 unspecified atom stereocenters. The number of sulfonamides is 1. The maximum atomic E-state index is 11.9. The summed E-state index contributed by atoms with van der Waals surface area (Å²) < 4.78 is 26.2. The van der Waals surface area contributed by atoms with Gasteiger partial charge in [0, 0.05) is 12.1 Å². The van der Waals surface area contributed by atoms with Gasteiger partial charge < -0.3 is 5.73 Å². The van der Waals surface area contributed by atoms with Gasteiger partial charge in [-0.05, 0) is 18.1 Å². The zero-order valence-corrected chi connectivity index (χ0v) is 11.2. The van der Waals surface area contributed by atoms with Crippen LogP contribution in [-0.4, -0.2) is 26.8 Å². The summed E-state index contributed by atoms with van der Waals surface area (Å²) >= 11 is 0. The van der Waals surface area contributed by atoms with Crippen molar-refractivity contribution in [2.24, 2.45) is 16.6 Å². The zero-order valence-electron chi connectivity index (χ0n) is 10.4. The van der Waals surface area contributed by atoms with E-state index in [1.807, 2.05) is 13.8 Å². The van der Waals surface area contributed by atoms with E-state index in [0.717, 1.165) is 0 Å². The van der Waals surface area contributed by atoms with Crippen molar-refractivity contribution in [3.63, 3.8) is 0 Å². The molecule has 0 fully saturated rings. The molecular formula is C12H17N3O2S. The minimum absolute atomic E-state index is 0.0890. The maximum absolute atomic E-state index is 11.9. The Morgan fingerprint density at radius 1 is 1.33 bits per heavy atom. The van der Waals surface area contributed by atoms with E-state index in [1.54, 1.807) is 24.3 Å². The lowest BCUT2D eigenvalue weighted by Gasteiger charge is -2.14. The highest BCUT2D eigenvalue weighted by Gasteiger charge is 2.30. The zero-order chi connectivity index (χ0) is 13.3. The van der Waals surface area contributed by atoms with E-state index in [2.05, 4.69) is 9.71 Å². The predicted octanol–water partition coefficient (Wildman–Crippen LogP) is 0.708. The van der Waals surface area contributed by atoms with Gasteiger partial charge in [0.1, 0.15) is 5.84 Å². The van der Waals surface area contributed by atoms with Crippen molar-refractivity contribution in [2.75, 3.05) is 6.54 Å². The molecule has 1 aromatic carbocycles. The minimum Gasteiger partial charge on any atom is -0.328 e. The fourth-order valence-electron chi connectivity index (χ4n) is 1.87. The van der Waals surface area contributed by atoms with Crippen LogP contribution in [0, 0.1) is 5.92 Å². The number of nitrogens with one attached hydrogen (secondary N) is 1. The van der Waals surface area contributed by atoms with Crippen LogP contribution in [0.2, 0.25) is 0 Å². The summed E-state index contributed by atoms with van der Waals surface area (Å²) in [5.41, 5.74) is 6.28. The first-order chi connectivity index (χ1) is 8.45. The van der Waals surface area contributed by atoms with Crippen molar-refractivity contribution in [3.8, 4) is 0 Å². The van der Waals surface area contributed by atoms with Gasteiger partial charge in [-0.2, -0.15) is 0 Å². The van der Waals surface area contributed by atoms with E-state index in [-0.39, 0.29) is 16.9 Å². The van der Waals surface area contributed by atoms with Crippen LogP contribution in [0.25, 0.3) is 0 Å². The van der Waals surface area contributed by atoms with Crippen LogP contribution in [0.1, 0.15) is 19.4 Å². The Kier molecular flexibility index (Phi) is 3.41. The Morgan fingerprint density at radius 3 is 2.61 bits per heavy atom. The Labute approximate surface area is 107 Å². The van der Waals surface area contributed by atoms with E-state index >= 15 is 0 Å². The van der Waals surface area contributed by atoms with E-state index < -0.39 is 10.0 Å². The first kappa shape index (κ1) is 13.0. The highest BCUT2D eigenvalue weighted by atomic mass is 32.2. The smallest absolute Gasteiger partial charge is 0.263 e. The molecule has 6 heteroatoms. The molecule has 1 heterocycles. The summed E-state index contributed by atoms with van der Waals surface area (Å²) in [4.78, 5) is 4.71. The summed E-state index contributed by atoms with van der Waals surface area (Å²) in [6, 6.07) is 6.73. The fraction of sp³-hybridized carbons (Fsp3) is 0.417. The first-order valence-corrected chi connectivity index (χ1v) is 7.34. The molecule has 0 aliphatic carbocycles. The Bertz CT molecular complexity index is 579. The number of nitrogens with two attached hydrogens (primary N) is 1. The lowest BCUT2D eigenvalue weighted by atomic mass is 10.1. The lowest BCUT2D eigenvalue weighted by Crippen LogP contribution is -2.29. The fourth-order valence-corrected chi connectivity index (χ4v) is 3.11. The van der Waals surface area contributed by atoms with E-state index in [0.29, 0.717) is 17.9 Å². The van der Waals surface area contributed by atoms with Crippen LogP contribution in [0.15, 0.2) is 34.2 Å². The van der Waals surface area contributed by atoms with Gasteiger partial charge in [-0.1, -0.05) is 26.0 Å².